The van der Waals surface area contributed by atoms with E-state index in [-0.39, 0.29) is 5.91 Å². The van der Waals surface area contributed by atoms with Crippen LogP contribution < -0.4 is 0 Å². The minimum absolute atomic E-state index is 0.00641. The molecule has 3 rings (SSSR count). The first kappa shape index (κ1) is 14.6. The summed E-state index contributed by atoms with van der Waals surface area (Å²) in [5.74, 6) is -0.00641. The van der Waals surface area contributed by atoms with Crippen molar-refractivity contribution in [1.29, 1.82) is 0 Å². The van der Waals surface area contributed by atoms with E-state index in [0.29, 0.717) is 22.5 Å². The zero-order valence-electron chi connectivity index (χ0n) is 12.7. The second-order valence-corrected chi connectivity index (χ2v) is 6.21. The highest BCUT2D eigenvalue weighted by Gasteiger charge is 2.19. The summed E-state index contributed by atoms with van der Waals surface area (Å²) in [6.07, 6.45) is 0.846. The number of hydrogen-bond donors (Lipinski definition) is 0. The molecule has 2 aromatic heterocycles. The predicted molar refractivity (Wildman–Crippen MR) is 83.8 cm³/mol. The first-order valence-corrected chi connectivity index (χ1v) is 7.83. The van der Waals surface area contributed by atoms with Crippen LogP contribution in [0.25, 0.3) is 11.0 Å². The van der Waals surface area contributed by atoms with Crippen molar-refractivity contribution in [3.8, 4) is 0 Å². The minimum atomic E-state index is -0.00641. The van der Waals surface area contributed by atoms with Crippen molar-refractivity contribution in [1.82, 2.24) is 20.2 Å². The highest BCUT2D eigenvalue weighted by atomic mass is 32.1. The molecule has 0 saturated heterocycles. The zero-order chi connectivity index (χ0) is 15.7. The lowest BCUT2D eigenvalue weighted by Gasteiger charge is -2.16. The lowest BCUT2D eigenvalue weighted by Crippen LogP contribution is -2.26. The average Bonchev–Trinajstić information content (AvgIpc) is 3.12. The molecule has 0 N–H and O–H groups in total. The van der Waals surface area contributed by atoms with Crippen LogP contribution >= 0.6 is 11.3 Å². The van der Waals surface area contributed by atoms with Crippen molar-refractivity contribution >= 4 is 28.3 Å². The van der Waals surface area contributed by atoms with E-state index in [0.717, 1.165) is 22.7 Å². The molecule has 0 aliphatic rings. The summed E-state index contributed by atoms with van der Waals surface area (Å²) in [4.78, 5) is 19.4. The van der Waals surface area contributed by atoms with Crippen LogP contribution in [0.15, 0.2) is 22.8 Å². The molecule has 0 aliphatic heterocycles. The van der Waals surface area contributed by atoms with E-state index in [9.17, 15) is 4.79 Å². The largest absolute Gasteiger partial charge is 0.337 e. The molecule has 7 heteroatoms. The Morgan fingerprint density at radius 1 is 1.32 bits per heavy atom. The molecule has 0 fully saturated rings. The number of benzene rings is 1. The van der Waals surface area contributed by atoms with Crippen LogP contribution in [0.1, 0.15) is 32.9 Å². The number of thiazole rings is 1. The molecule has 22 heavy (non-hydrogen) atoms. The SMILES string of the molecule is CCc1nc(C)c(C(=O)N(C)Cc2ccc3nonc3c2)s1. The molecule has 1 aromatic carbocycles. The topological polar surface area (TPSA) is 72.1 Å². The number of carbonyl (C=O) groups excluding carboxylic acids is 1. The maximum absolute atomic E-state index is 12.6. The Labute approximate surface area is 131 Å². The normalized spacial score (nSPS) is 11.0. The van der Waals surface area contributed by atoms with Gasteiger partial charge in [0.15, 0.2) is 0 Å². The number of nitrogens with zero attached hydrogens (tertiary/aromatic N) is 4. The standard InChI is InChI=1S/C15H16N4O2S/c1-4-13-16-9(2)14(22-13)15(20)19(3)8-10-5-6-11-12(7-10)18-21-17-11/h5-7H,4,8H2,1-3H3. The number of carbonyl (C=O) groups is 1. The highest BCUT2D eigenvalue weighted by Crippen LogP contribution is 2.21. The second-order valence-electron chi connectivity index (χ2n) is 5.12. The Balaban J connectivity index is 1.79. The molecule has 3 aromatic rings. The summed E-state index contributed by atoms with van der Waals surface area (Å²) in [6.45, 7) is 4.42. The molecular formula is C15H16N4O2S. The van der Waals surface area contributed by atoms with Gasteiger partial charge in [-0.3, -0.25) is 4.79 Å². The van der Waals surface area contributed by atoms with Gasteiger partial charge >= 0.3 is 0 Å². The number of aromatic nitrogens is 3. The summed E-state index contributed by atoms with van der Waals surface area (Å²) < 4.78 is 4.69. The number of aryl methyl sites for hydroxylation is 2. The fourth-order valence-corrected chi connectivity index (χ4v) is 3.25. The Hall–Kier alpha value is -2.28. The summed E-state index contributed by atoms with van der Waals surface area (Å²) in [5, 5.41) is 8.58. The van der Waals surface area contributed by atoms with Gasteiger partial charge in [0.1, 0.15) is 15.9 Å². The van der Waals surface area contributed by atoms with Crippen LogP contribution in [0, 0.1) is 6.92 Å². The molecule has 0 bridgehead atoms. The van der Waals surface area contributed by atoms with Gasteiger partial charge in [0.2, 0.25) is 0 Å². The molecule has 0 spiro atoms. The average molecular weight is 316 g/mol. The molecule has 0 aliphatic carbocycles. The van der Waals surface area contributed by atoms with Crippen molar-refractivity contribution < 1.29 is 9.42 Å². The fourth-order valence-electron chi connectivity index (χ4n) is 2.25. The zero-order valence-corrected chi connectivity index (χ0v) is 13.5. The number of fused-ring (bicyclic) bond motifs is 1. The Morgan fingerprint density at radius 2 is 2.09 bits per heavy atom. The van der Waals surface area contributed by atoms with E-state index in [1.165, 1.54) is 11.3 Å². The van der Waals surface area contributed by atoms with Crippen molar-refractivity contribution in [2.24, 2.45) is 0 Å². The fraction of sp³-hybridized carbons (Fsp3) is 0.333. The van der Waals surface area contributed by atoms with Crippen LogP contribution in [-0.2, 0) is 13.0 Å². The van der Waals surface area contributed by atoms with Gasteiger partial charge < -0.3 is 4.90 Å². The van der Waals surface area contributed by atoms with Crippen molar-refractivity contribution in [2.75, 3.05) is 7.05 Å². The third-order valence-electron chi connectivity index (χ3n) is 3.42. The van der Waals surface area contributed by atoms with Gasteiger partial charge in [0.05, 0.1) is 10.7 Å². The molecule has 2 heterocycles. The molecule has 114 valence electrons. The van der Waals surface area contributed by atoms with Gasteiger partial charge in [0, 0.05) is 13.6 Å². The first-order chi connectivity index (χ1) is 10.6. The summed E-state index contributed by atoms with van der Waals surface area (Å²) in [7, 11) is 1.79. The van der Waals surface area contributed by atoms with Crippen molar-refractivity contribution in [2.45, 2.75) is 26.8 Å². The van der Waals surface area contributed by atoms with Gasteiger partial charge in [-0.15, -0.1) is 11.3 Å². The molecule has 0 atom stereocenters. The van der Waals surface area contributed by atoms with Gasteiger partial charge in [-0.05, 0) is 41.4 Å². The summed E-state index contributed by atoms with van der Waals surface area (Å²) >= 11 is 1.47. The Bertz CT molecular complexity index is 824. The second kappa shape index (κ2) is 5.84. The smallest absolute Gasteiger partial charge is 0.265 e. The lowest BCUT2D eigenvalue weighted by molar-refractivity contribution is 0.0789. The van der Waals surface area contributed by atoms with Gasteiger partial charge in [-0.25, -0.2) is 9.61 Å². The first-order valence-electron chi connectivity index (χ1n) is 7.01. The van der Waals surface area contributed by atoms with E-state index in [4.69, 9.17) is 0 Å². The molecule has 0 saturated carbocycles. The van der Waals surface area contributed by atoms with E-state index >= 15 is 0 Å². The van der Waals surface area contributed by atoms with Crippen LogP contribution in [0.4, 0.5) is 0 Å². The quantitative estimate of drug-likeness (QED) is 0.740. The predicted octanol–water partition coefficient (Wildman–Crippen LogP) is 2.82. The summed E-state index contributed by atoms with van der Waals surface area (Å²) in [5.41, 5.74) is 3.19. The number of amides is 1. The van der Waals surface area contributed by atoms with E-state index < -0.39 is 0 Å². The van der Waals surface area contributed by atoms with Crippen molar-refractivity contribution in [3.05, 3.63) is 39.3 Å². The molecule has 0 radical (unpaired) electrons. The monoisotopic (exact) mass is 316 g/mol. The van der Waals surface area contributed by atoms with E-state index in [1.54, 1.807) is 11.9 Å². The summed E-state index contributed by atoms with van der Waals surface area (Å²) in [6, 6.07) is 5.65. The van der Waals surface area contributed by atoms with E-state index in [2.05, 4.69) is 19.9 Å². The molecule has 6 nitrogen and oxygen atoms in total. The van der Waals surface area contributed by atoms with Gasteiger partial charge in [0.25, 0.3) is 5.91 Å². The van der Waals surface area contributed by atoms with Gasteiger partial charge in [-0.1, -0.05) is 13.0 Å². The van der Waals surface area contributed by atoms with Crippen LogP contribution in [0.3, 0.4) is 0 Å². The highest BCUT2D eigenvalue weighted by molar-refractivity contribution is 7.13. The van der Waals surface area contributed by atoms with Crippen LogP contribution in [0.5, 0.6) is 0 Å². The third-order valence-corrected chi connectivity index (χ3v) is 4.71. The Kier molecular flexibility index (Phi) is 3.89. The third kappa shape index (κ3) is 2.71. The molecule has 1 amide bonds. The van der Waals surface area contributed by atoms with Crippen LogP contribution in [0.2, 0.25) is 0 Å². The number of rotatable bonds is 4. The minimum Gasteiger partial charge on any atom is -0.337 e. The maximum atomic E-state index is 12.6. The van der Waals surface area contributed by atoms with Crippen molar-refractivity contribution in [3.63, 3.8) is 0 Å². The molecular weight excluding hydrogens is 300 g/mol. The number of hydrogen-bond acceptors (Lipinski definition) is 6. The maximum Gasteiger partial charge on any atom is 0.265 e. The van der Waals surface area contributed by atoms with E-state index in [1.807, 2.05) is 32.0 Å². The molecule has 0 unspecified atom stereocenters. The van der Waals surface area contributed by atoms with Gasteiger partial charge in [-0.2, -0.15) is 0 Å². The lowest BCUT2D eigenvalue weighted by atomic mass is 10.2. The Morgan fingerprint density at radius 3 is 2.82 bits per heavy atom. The van der Waals surface area contributed by atoms with Crippen LogP contribution in [-0.4, -0.2) is 33.2 Å².